The maximum absolute atomic E-state index is 9.87. The van der Waals surface area contributed by atoms with E-state index in [9.17, 15) is 5.11 Å². The fraction of sp³-hybridized carbons (Fsp3) is 0.583. The second kappa shape index (κ2) is 5.72. The molecular weight excluding hydrogens is 218 g/mol. The van der Waals surface area contributed by atoms with E-state index >= 15 is 0 Å². The van der Waals surface area contributed by atoms with Crippen molar-refractivity contribution in [1.29, 1.82) is 0 Å². The number of rotatable bonds is 6. The second-order valence-electron chi connectivity index (χ2n) is 4.23. The van der Waals surface area contributed by atoms with Crippen LogP contribution >= 0.6 is 0 Å². The Bertz CT molecular complexity index is 367. The Hall–Kier alpha value is -1.49. The maximum atomic E-state index is 9.87. The quantitative estimate of drug-likeness (QED) is 0.703. The van der Waals surface area contributed by atoms with Crippen molar-refractivity contribution in [1.82, 2.24) is 4.98 Å². The minimum absolute atomic E-state index is 0.425. The first-order valence-corrected chi connectivity index (χ1v) is 5.84. The molecule has 5 nitrogen and oxygen atoms in total. The van der Waals surface area contributed by atoms with Gasteiger partial charge >= 0.3 is 0 Å². The van der Waals surface area contributed by atoms with Crippen molar-refractivity contribution in [2.75, 3.05) is 24.2 Å². The van der Waals surface area contributed by atoms with Gasteiger partial charge in [-0.25, -0.2) is 0 Å². The number of pyridine rings is 1. The summed E-state index contributed by atoms with van der Waals surface area (Å²) < 4.78 is 5.30. The van der Waals surface area contributed by atoms with Gasteiger partial charge < -0.3 is 20.9 Å². The van der Waals surface area contributed by atoms with E-state index in [-0.39, 0.29) is 0 Å². The summed E-state index contributed by atoms with van der Waals surface area (Å²) in [6, 6.07) is 3.50. The molecule has 1 atom stereocenters. The molecule has 0 saturated heterocycles. The number of ether oxygens (including phenoxy) is 1. The van der Waals surface area contributed by atoms with Crippen molar-refractivity contribution in [3.63, 3.8) is 0 Å². The molecule has 4 N–H and O–H groups in total. The number of aliphatic hydroxyl groups is 1. The lowest BCUT2D eigenvalue weighted by molar-refractivity contribution is 0.0696. The predicted molar refractivity (Wildman–Crippen MR) is 69.2 cm³/mol. The molecule has 0 bridgehead atoms. The van der Waals surface area contributed by atoms with Crippen LogP contribution in [0.4, 0.5) is 11.5 Å². The molecule has 0 saturated carbocycles. The summed E-state index contributed by atoms with van der Waals surface area (Å²) in [5, 5.41) is 12.9. The normalized spacial score (nSPS) is 14.1. The summed E-state index contributed by atoms with van der Waals surface area (Å²) >= 11 is 0. The van der Waals surface area contributed by atoms with E-state index in [2.05, 4.69) is 10.3 Å². The van der Waals surface area contributed by atoms with Crippen LogP contribution in [0.3, 0.4) is 0 Å². The summed E-state index contributed by atoms with van der Waals surface area (Å²) in [6.07, 6.45) is 0.674. The zero-order valence-corrected chi connectivity index (χ0v) is 10.7. The predicted octanol–water partition coefficient (Wildman–Crippen LogP) is 1.64. The molecule has 0 aliphatic rings. The van der Waals surface area contributed by atoms with E-state index in [1.54, 1.807) is 19.1 Å². The van der Waals surface area contributed by atoms with Gasteiger partial charge in [-0.05, 0) is 32.4 Å². The standard InChI is InChI=1S/C12H21N3O2/c1-4-12(3,16)8-14-10-7-6-9(13)11(15-10)17-5-2/h6-7,16H,4-5,8,13H2,1-3H3,(H,14,15). The van der Waals surface area contributed by atoms with Crippen molar-refractivity contribution < 1.29 is 9.84 Å². The zero-order chi connectivity index (χ0) is 12.9. The van der Waals surface area contributed by atoms with E-state index < -0.39 is 5.60 Å². The summed E-state index contributed by atoms with van der Waals surface area (Å²) in [7, 11) is 0. The third-order valence-corrected chi connectivity index (χ3v) is 2.58. The smallest absolute Gasteiger partial charge is 0.239 e. The first-order chi connectivity index (χ1) is 7.98. The molecule has 5 heteroatoms. The van der Waals surface area contributed by atoms with Gasteiger partial charge in [0.05, 0.1) is 17.9 Å². The number of nitrogen functional groups attached to an aromatic ring is 1. The average Bonchev–Trinajstić information content (AvgIpc) is 2.31. The van der Waals surface area contributed by atoms with Crippen LogP contribution in [-0.4, -0.2) is 28.8 Å². The number of nitrogens with one attached hydrogen (secondary N) is 1. The van der Waals surface area contributed by atoms with Gasteiger partial charge in [0, 0.05) is 6.54 Å². The van der Waals surface area contributed by atoms with Gasteiger partial charge in [0.1, 0.15) is 5.82 Å². The van der Waals surface area contributed by atoms with Gasteiger partial charge in [0.25, 0.3) is 0 Å². The molecule has 0 radical (unpaired) electrons. The lowest BCUT2D eigenvalue weighted by atomic mass is 10.0. The fourth-order valence-electron chi connectivity index (χ4n) is 1.21. The minimum atomic E-state index is -0.741. The van der Waals surface area contributed by atoms with E-state index in [1.807, 2.05) is 13.8 Å². The Labute approximate surface area is 102 Å². The Morgan fingerprint density at radius 2 is 2.18 bits per heavy atom. The van der Waals surface area contributed by atoms with Crippen molar-refractivity contribution >= 4 is 11.5 Å². The summed E-state index contributed by atoms with van der Waals surface area (Å²) in [5.74, 6) is 1.07. The lowest BCUT2D eigenvalue weighted by Crippen LogP contribution is -2.32. The molecule has 0 amide bonds. The number of nitrogens with two attached hydrogens (primary N) is 1. The molecular formula is C12H21N3O2. The first-order valence-electron chi connectivity index (χ1n) is 5.84. The van der Waals surface area contributed by atoms with Gasteiger partial charge in [-0.1, -0.05) is 6.92 Å². The molecule has 96 valence electrons. The largest absolute Gasteiger partial charge is 0.476 e. The number of hydrogen-bond donors (Lipinski definition) is 3. The molecule has 0 fully saturated rings. The van der Waals surface area contributed by atoms with Gasteiger partial charge in [-0.3, -0.25) is 0 Å². The number of hydrogen-bond acceptors (Lipinski definition) is 5. The topological polar surface area (TPSA) is 80.4 Å². The highest BCUT2D eigenvalue weighted by atomic mass is 16.5. The molecule has 1 rings (SSSR count). The molecule has 1 unspecified atom stereocenters. The van der Waals surface area contributed by atoms with Gasteiger partial charge in [-0.2, -0.15) is 4.98 Å². The highest BCUT2D eigenvalue weighted by molar-refractivity contribution is 5.53. The van der Waals surface area contributed by atoms with Crippen LogP contribution in [0.25, 0.3) is 0 Å². The van der Waals surface area contributed by atoms with E-state index in [0.717, 1.165) is 0 Å². The van der Waals surface area contributed by atoms with Crippen LogP contribution in [-0.2, 0) is 0 Å². The Kier molecular flexibility index (Phi) is 4.57. The number of anilines is 2. The van der Waals surface area contributed by atoms with Gasteiger partial charge in [0.15, 0.2) is 0 Å². The van der Waals surface area contributed by atoms with Crippen LogP contribution < -0.4 is 15.8 Å². The molecule has 17 heavy (non-hydrogen) atoms. The number of nitrogens with zero attached hydrogens (tertiary/aromatic N) is 1. The molecule has 1 aromatic rings. The summed E-state index contributed by atoms with van der Waals surface area (Å²) in [5.41, 5.74) is 5.49. The lowest BCUT2D eigenvalue weighted by Gasteiger charge is -2.22. The Morgan fingerprint density at radius 1 is 1.47 bits per heavy atom. The Morgan fingerprint density at radius 3 is 2.76 bits per heavy atom. The van der Waals surface area contributed by atoms with Crippen molar-refractivity contribution in [2.45, 2.75) is 32.8 Å². The molecule has 0 spiro atoms. The highest BCUT2D eigenvalue weighted by Gasteiger charge is 2.17. The summed E-state index contributed by atoms with van der Waals surface area (Å²) in [6.45, 7) is 6.55. The van der Waals surface area contributed by atoms with Gasteiger partial charge in [0.2, 0.25) is 5.88 Å². The minimum Gasteiger partial charge on any atom is -0.476 e. The highest BCUT2D eigenvalue weighted by Crippen LogP contribution is 2.21. The number of aromatic nitrogens is 1. The van der Waals surface area contributed by atoms with Crippen molar-refractivity contribution in [3.05, 3.63) is 12.1 Å². The zero-order valence-electron chi connectivity index (χ0n) is 10.7. The van der Waals surface area contributed by atoms with Crippen LogP contribution in [0, 0.1) is 0 Å². The third-order valence-electron chi connectivity index (χ3n) is 2.58. The summed E-state index contributed by atoms with van der Waals surface area (Å²) in [4.78, 5) is 4.23. The van der Waals surface area contributed by atoms with E-state index in [0.29, 0.717) is 37.0 Å². The van der Waals surface area contributed by atoms with Crippen LogP contribution in [0.15, 0.2) is 12.1 Å². The van der Waals surface area contributed by atoms with E-state index in [1.165, 1.54) is 0 Å². The average molecular weight is 239 g/mol. The Balaban J connectivity index is 2.69. The van der Waals surface area contributed by atoms with Crippen LogP contribution in [0.2, 0.25) is 0 Å². The molecule has 0 aliphatic carbocycles. The first kappa shape index (κ1) is 13.6. The third kappa shape index (κ3) is 4.11. The molecule has 1 aromatic heterocycles. The van der Waals surface area contributed by atoms with Crippen molar-refractivity contribution in [3.8, 4) is 5.88 Å². The van der Waals surface area contributed by atoms with Crippen LogP contribution in [0.5, 0.6) is 5.88 Å². The fourth-order valence-corrected chi connectivity index (χ4v) is 1.21. The molecule has 1 heterocycles. The maximum Gasteiger partial charge on any atom is 0.239 e. The van der Waals surface area contributed by atoms with E-state index in [4.69, 9.17) is 10.5 Å². The van der Waals surface area contributed by atoms with Crippen molar-refractivity contribution in [2.24, 2.45) is 0 Å². The monoisotopic (exact) mass is 239 g/mol. The second-order valence-corrected chi connectivity index (χ2v) is 4.23. The van der Waals surface area contributed by atoms with Gasteiger partial charge in [-0.15, -0.1) is 0 Å². The van der Waals surface area contributed by atoms with Crippen LogP contribution in [0.1, 0.15) is 27.2 Å². The SMILES string of the molecule is CCOc1nc(NCC(C)(O)CC)ccc1N. The molecule has 0 aliphatic heterocycles. The molecule has 0 aromatic carbocycles.